The third-order valence-corrected chi connectivity index (χ3v) is 7.69. The summed E-state index contributed by atoms with van der Waals surface area (Å²) in [4.78, 5) is 12.3. The number of benzene rings is 2. The highest BCUT2D eigenvalue weighted by Crippen LogP contribution is 2.29. The number of amides is 1. The maximum atomic E-state index is 13.3. The van der Waals surface area contributed by atoms with Crippen LogP contribution in [-0.4, -0.2) is 45.4 Å². The maximum Gasteiger partial charge on any atom is 0.251 e. The Morgan fingerprint density at radius 1 is 1.21 bits per heavy atom. The van der Waals surface area contributed by atoms with Crippen LogP contribution in [0.2, 0.25) is 0 Å². The van der Waals surface area contributed by atoms with E-state index in [1.165, 1.54) is 6.07 Å². The number of rotatable bonds is 5. The van der Waals surface area contributed by atoms with Crippen molar-refractivity contribution in [3.05, 3.63) is 59.2 Å². The quantitative estimate of drug-likeness (QED) is 0.816. The molecule has 0 radical (unpaired) electrons. The van der Waals surface area contributed by atoms with Gasteiger partial charge in [-0.1, -0.05) is 24.3 Å². The molecule has 7 heteroatoms. The van der Waals surface area contributed by atoms with Gasteiger partial charge in [0.15, 0.2) is 0 Å². The molecule has 2 aliphatic rings. The zero-order valence-corrected chi connectivity index (χ0v) is 17.4. The van der Waals surface area contributed by atoms with Crippen molar-refractivity contribution in [1.82, 2.24) is 9.62 Å². The summed E-state index contributed by atoms with van der Waals surface area (Å²) in [5, 5.41) is 2.78. The minimum atomic E-state index is -3.64. The molecule has 0 bridgehead atoms. The van der Waals surface area contributed by atoms with Gasteiger partial charge in [0.05, 0.1) is 12.0 Å². The molecule has 29 heavy (non-hydrogen) atoms. The predicted octanol–water partition coefficient (Wildman–Crippen LogP) is 2.62. The van der Waals surface area contributed by atoms with Crippen molar-refractivity contribution >= 4 is 15.9 Å². The Labute approximate surface area is 171 Å². The number of nitrogens with zero attached hydrogens (tertiary/aromatic N) is 1. The average molecular weight is 415 g/mol. The fraction of sp³-hybridized carbons (Fsp3) is 0.409. The van der Waals surface area contributed by atoms with E-state index in [1.807, 2.05) is 24.3 Å². The van der Waals surface area contributed by atoms with E-state index in [9.17, 15) is 13.2 Å². The normalized spacial score (nSPS) is 20.0. The van der Waals surface area contributed by atoms with Crippen LogP contribution in [0.25, 0.3) is 0 Å². The molecule has 1 amide bonds. The summed E-state index contributed by atoms with van der Waals surface area (Å²) in [5.74, 6) is 0.875. The smallest absolute Gasteiger partial charge is 0.251 e. The summed E-state index contributed by atoms with van der Waals surface area (Å²) in [6.07, 6.45) is 3.32. The molecular formula is C22H26N2O4S. The SMILES string of the molecule is COc1ccccc1CC1CCCN(S(=O)(=O)c2ccc3c(c2)C(=O)NCC3)C1. The van der Waals surface area contributed by atoms with Gasteiger partial charge < -0.3 is 10.1 Å². The van der Waals surface area contributed by atoms with Crippen LogP contribution in [0.15, 0.2) is 47.4 Å². The number of hydrogen-bond acceptors (Lipinski definition) is 4. The molecule has 2 heterocycles. The van der Waals surface area contributed by atoms with Crippen molar-refractivity contribution in [3.8, 4) is 5.75 Å². The standard InChI is InChI=1S/C22H26N2O4S/c1-28-21-7-3-2-6-18(21)13-16-5-4-12-24(15-16)29(26,27)19-9-8-17-10-11-23-22(25)20(17)14-19/h2-3,6-9,14,16H,4-5,10-13,15H2,1H3,(H,23,25). The number of sulfonamides is 1. The Kier molecular flexibility index (Phi) is 5.61. The minimum absolute atomic E-state index is 0.198. The van der Waals surface area contributed by atoms with Gasteiger partial charge in [-0.25, -0.2) is 8.42 Å². The monoisotopic (exact) mass is 414 g/mol. The molecule has 1 saturated heterocycles. The van der Waals surface area contributed by atoms with Gasteiger partial charge in [-0.15, -0.1) is 0 Å². The number of carbonyl (C=O) groups excluding carboxylic acids is 1. The first-order valence-corrected chi connectivity index (χ1v) is 11.5. The van der Waals surface area contributed by atoms with Crippen molar-refractivity contribution in [2.45, 2.75) is 30.6 Å². The van der Waals surface area contributed by atoms with Crippen LogP contribution >= 0.6 is 0 Å². The van der Waals surface area contributed by atoms with Crippen molar-refractivity contribution in [1.29, 1.82) is 0 Å². The molecule has 4 rings (SSSR count). The molecule has 1 fully saturated rings. The summed E-state index contributed by atoms with van der Waals surface area (Å²) < 4.78 is 33.6. The van der Waals surface area contributed by atoms with Crippen LogP contribution in [0.3, 0.4) is 0 Å². The number of hydrogen-bond donors (Lipinski definition) is 1. The Morgan fingerprint density at radius 2 is 2.03 bits per heavy atom. The van der Waals surface area contributed by atoms with Crippen LogP contribution in [0.4, 0.5) is 0 Å². The number of fused-ring (bicyclic) bond motifs is 1. The number of piperidine rings is 1. The van der Waals surface area contributed by atoms with Gasteiger partial charge in [0, 0.05) is 25.2 Å². The molecule has 0 aromatic heterocycles. The largest absolute Gasteiger partial charge is 0.496 e. The average Bonchev–Trinajstić information content (AvgIpc) is 2.74. The number of para-hydroxylation sites is 1. The van der Waals surface area contributed by atoms with E-state index < -0.39 is 10.0 Å². The van der Waals surface area contributed by atoms with Crippen LogP contribution in [0.5, 0.6) is 5.75 Å². The highest BCUT2D eigenvalue weighted by atomic mass is 32.2. The second-order valence-electron chi connectivity index (χ2n) is 7.71. The lowest BCUT2D eigenvalue weighted by atomic mass is 9.92. The molecule has 2 aliphatic heterocycles. The van der Waals surface area contributed by atoms with Crippen LogP contribution in [0.1, 0.15) is 34.3 Å². The Morgan fingerprint density at radius 3 is 2.86 bits per heavy atom. The van der Waals surface area contributed by atoms with Crippen LogP contribution < -0.4 is 10.1 Å². The molecular weight excluding hydrogens is 388 g/mol. The molecule has 0 spiro atoms. The molecule has 0 saturated carbocycles. The minimum Gasteiger partial charge on any atom is -0.496 e. The van der Waals surface area contributed by atoms with Gasteiger partial charge in [0.1, 0.15) is 5.75 Å². The van der Waals surface area contributed by atoms with Gasteiger partial charge in [-0.05, 0) is 60.9 Å². The Hall–Kier alpha value is -2.38. The highest BCUT2D eigenvalue weighted by molar-refractivity contribution is 7.89. The summed E-state index contributed by atoms with van der Waals surface area (Å²) in [7, 11) is -1.98. The number of carbonyl (C=O) groups is 1. The molecule has 1 N–H and O–H groups in total. The van der Waals surface area contributed by atoms with E-state index in [-0.39, 0.29) is 16.7 Å². The fourth-order valence-electron chi connectivity index (χ4n) is 4.29. The van der Waals surface area contributed by atoms with Gasteiger partial charge in [0.25, 0.3) is 5.91 Å². The third-order valence-electron chi connectivity index (χ3n) is 5.83. The molecule has 0 aliphatic carbocycles. The van der Waals surface area contributed by atoms with Gasteiger partial charge in [-0.2, -0.15) is 4.31 Å². The van der Waals surface area contributed by atoms with E-state index in [2.05, 4.69) is 5.32 Å². The first-order chi connectivity index (χ1) is 14.0. The van der Waals surface area contributed by atoms with Crippen LogP contribution in [-0.2, 0) is 22.9 Å². The Bertz CT molecular complexity index is 1020. The van der Waals surface area contributed by atoms with Crippen LogP contribution in [0, 0.1) is 5.92 Å². The lowest BCUT2D eigenvalue weighted by molar-refractivity contribution is 0.0945. The van der Waals surface area contributed by atoms with E-state index >= 15 is 0 Å². The third kappa shape index (κ3) is 4.02. The molecule has 2 aromatic rings. The first-order valence-electron chi connectivity index (χ1n) is 10.0. The second-order valence-corrected chi connectivity index (χ2v) is 9.65. The topological polar surface area (TPSA) is 75.7 Å². The van der Waals surface area contributed by atoms with Crippen molar-refractivity contribution in [3.63, 3.8) is 0 Å². The number of ether oxygens (including phenoxy) is 1. The lowest BCUT2D eigenvalue weighted by Crippen LogP contribution is -2.40. The predicted molar refractivity (Wildman–Crippen MR) is 111 cm³/mol. The molecule has 6 nitrogen and oxygen atoms in total. The van der Waals surface area contributed by atoms with E-state index in [0.29, 0.717) is 25.2 Å². The first kappa shape index (κ1) is 19.9. The highest BCUT2D eigenvalue weighted by Gasteiger charge is 2.31. The van der Waals surface area contributed by atoms with E-state index in [4.69, 9.17) is 4.74 Å². The van der Waals surface area contributed by atoms with E-state index in [0.717, 1.165) is 42.6 Å². The van der Waals surface area contributed by atoms with Gasteiger partial charge in [0.2, 0.25) is 10.0 Å². The molecule has 154 valence electrons. The zero-order valence-electron chi connectivity index (χ0n) is 16.6. The molecule has 1 unspecified atom stereocenters. The Balaban J connectivity index is 1.54. The number of nitrogens with one attached hydrogen (secondary N) is 1. The summed E-state index contributed by atoms with van der Waals surface area (Å²) in [6, 6.07) is 12.8. The summed E-state index contributed by atoms with van der Waals surface area (Å²) in [6.45, 7) is 1.58. The van der Waals surface area contributed by atoms with Gasteiger partial charge in [-0.3, -0.25) is 4.79 Å². The van der Waals surface area contributed by atoms with E-state index in [1.54, 1.807) is 23.5 Å². The fourth-order valence-corrected chi connectivity index (χ4v) is 5.88. The lowest BCUT2D eigenvalue weighted by Gasteiger charge is -2.32. The second kappa shape index (κ2) is 8.16. The van der Waals surface area contributed by atoms with Crippen molar-refractivity contribution in [2.24, 2.45) is 5.92 Å². The molecule has 2 aromatic carbocycles. The molecule has 1 atom stereocenters. The maximum absolute atomic E-state index is 13.3. The van der Waals surface area contributed by atoms with Gasteiger partial charge >= 0.3 is 0 Å². The summed E-state index contributed by atoms with van der Waals surface area (Å²) >= 11 is 0. The summed E-state index contributed by atoms with van der Waals surface area (Å²) in [5.41, 5.74) is 2.48. The van der Waals surface area contributed by atoms with Crippen molar-refractivity contribution in [2.75, 3.05) is 26.7 Å². The zero-order chi connectivity index (χ0) is 20.4. The number of methoxy groups -OCH3 is 1. The van der Waals surface area contributed by atoms with Crippen molar-refractivity contribution < 1.29 is 17.9 Å².